The summed E-state index contributed by atoms with van der Waals surface area (Å²) in [6.45, 7) is 4.36. The smallest absolute Gasteiger partial charge is 0.312 e. The van der Waals surface area contributed by atoms with Crippen LogP contribution in [0.5, 0.6) is 0 Å². The Balaban J connectivity index is 1.16. The van der Waals surface area contributed by atoms with Crippen LogP contribution in [0.1, 0.15) is 18.2 Å². The Kier molecular flexibility index (Phi) is 5.72. The number of imidazole rings is 1. The minimum absolute atomic E-state index is 0.383. The van der Waals surface area contributed by atoms with E-state index >= 15 is 0 Å². The second kappa shape index (κ2) is 9.34. The number of pyridine rings is 2. The molecule has 11 heteroatoms. The molecule has 5 aromatic heterocycles. The summed E-state index contributed by atoms with van der Waals surface area (Å²) in [5.74, 6) is -0.880. The number of aromatic nitrogens is 7. The Bertz CT molecular complexity index is 1580. The number of carbonyl (C=O) groups excluding carboxylic acids is 2. The molecule has 11 nitrogen and oxygen atoms in total. The van der Waals surface area contributed by atoms with Crippen LogP contribution in [-0.2, 0) is 22.7 Å². The number of hydrogen-bond donors (Lipinski definition) is 0. The van der Waals surface area contributed by atoms with Crippen LogP contribution in [0.4, 0.5) is 0 Å². The lowest BCUT2D eigenvalue weighted by Gasteiger charge is -2.33. The lowest BCUT2D eigenvalue weighted by atomic mass is 10.2. The van der Waals surface area contributed by atoms with E-state index in [2.05, 4.69) is 15.3 Å². The Morgan fingerprint density at radius 2 is 1.73 bits per heavy atom. The van der Waals surface area contributed by atoms with Crippen molar-refractivity contribution in [3.8, 4) is 16.9 Å². The lowest BCUT2D eigenvalue weighted by molar-refractivity contribution is -0.156. The summed E-state index contributed by atoms with van der Waals surface area (Å²) in [5.41, 5.74) is 5.11. The Morgan fingerprint density at radius 3 is 2.57 bits per heavy atom. The van der Waals surface area contributed by atoms with Gasteiger partial charge in [0.25, 0.3) is 0 Å². The number of hydrogen-bond acceptors (Lipinski definition) is 6. The number of likely N-dealkylation sites (N-methyl/N-ethyl adjacent to an activating group) is 1. The molecular weight excluding hydrogens is 470 g/mol. The van der Waals surface area contributed by atoms with Crippen molar-refractivity contribution < 1.29 is 9.59 Å². The van der Waals surface area contributed by atoms with E-state index < -0.39 is 11.8 Å². The molecular formula is C26H25N9O2. The molecule has 5 aromatic rings. The number of fused-ring (bicyclic) bond motifs is 1. The molecule has 6 heterocycles. The molecule has 6 rings (SSSR count). The van der Waals surface area contributed by atoms with Gasteiger partial charge in [-0.2, -0.15) is 0 Å². The van der Waals surface area contributed by atoms with Gasteiger partial charge in [0.05, 0.1) is 30.3 Å². The molecule has 37 heavy (non-hydrogen) atoms. The van der Waals surface area contributed by atoms with Crippen molar-refractivity contribution in [3.63, 3.8) is 0 Å². The maximum atomic E-state index is 12.4. The Hall–Kier alpha value is -4.80. The van der Waals surface area contributed by atoms with Gasteiger partial charge in [-0.05, 0) is 36.8 Å². The summed E-state index contributed by atoms with van der Waals surface area (Å²) in [6, 6.07) is 9.81. The zero-order chi connectivity index (χ0) is 25.4. The molecule has 0 aromatic carbocycles. The van der Waals surface area contributed by atoms with Crippen molar-refractivity contribution in [3.05, 3.63) is 85.0 Å². The van der Waals surface area contributed by atoms with Crippen LogP contribution in [0.25, 0.3) is 22.6 Å². The fraction of sp³-hybridized carbons (Fsp3) is 0.231. The highest BCUT2D eigenvalue weighted by atomic mass is 16.2. The van der Waals surface area contributed by atoms with E-state index in [1.807, 2.05) is 77.2 Å². The van der Waals surface area contributed by atoms with E-state index in [0.717, 1.165) is 33.8 Å². The zero-order valence-electron chi connectivity index (χ0n) is 20.3. The minimum Gasteiger partial charge on any atom is -0.333 e. The number of rotatable bonds is 7. The first-order valence-electron chi connectivity index (χ1n) is 12.1. The molecule has 1 fully saturated rings. The number of piperazine rings is 1. The molecule has 2 amide bonds. The highest BCUT2D eigenvalue weighted by Gasteiger charge is 2.31. The summed E-state index contributed by atoms with van der Waals surface area (Å²) in [6.07, 6.45) is 13.3. The van der Waals surface area contributed by atoms with Crippen LogP contribution in [0.2, 0.25) is 0 Å². The topological polar surface area (TPSA) is 106 Å². The van der Waals surface area contributed by atoms with E-state index in [4.69, 9.17) is 4.98 Å². The summed E-state index contributed by atoms with van der Waals surface area (Å²) >= 11 is 0. The number of carbonyl (C=O) groups is 2. The largest absolute Gasteiger partial charge is 0.333 e. The SMILES string of the molecule is CCN1CCN(Cc2ccc3nc(Cn4cc(-c5cncc(-n6cccc6)c5)nn4)cn3c2)C(=O)C1=O. The summed E-state index contributed by atoms with van der Waals surface area (Å²) in [4.78, 5) is 36.9. The lowest BCUT2D eigenvalue weighted by Crippen LogP contribution is -2.53. The molecule has 0 aliphatic carbocycles. The molecule has 0 bridgehead atoms. The van der Waals surface area contributed by atoms with Crippen molar-refractivity contribution in [2.24, 2.45) is 0 Å². The summed E-state index contributed by atoms with van der Waals surface area (Å²) in [7, 11) is 0. The molecule has 1 aliphatic heterocycles. The summed E-state index contributed by atoms with van der Waals surface area (Å²) < 4.78 is 5.67. The molecule has 0 saturated carbocycles. The van der Waals surface area contributed by atoms with Gasteiger partial charge in [0.2, 0.25) is 0 Å². The van der Waals surface area contributed by atoms with Crippen LogP contribution in [0.15, 0.2) is 73.7 Å². The predicted octanol–water partition coefficient (Wildman–Crippen LogP) is 2.02. The van der Waals surface area contributed by atoms with Crippen LogP contribution in [-0.4, -0.2) is 75.2 Å². The third kappa shape index (κ3) is 4.46. The van der Waals surface area contributed by atoms with E-state index in [9.17, 15) is 9.59 Å². The third-order valence-corrected chi connectivity index (χ3v) is 6.50. The van der Waals surface area contributed by atoms with Gasteiger partial charge in [-0.3, -0.25) is 14.6 Å². The second-order valence-electron chi connectivity index (χ2n) is 8.97. The molecule has 0 atom stereocenters. The van der Waals surface area contributed by atoms with Crippen molar-refractivity contribution in [2.45, 2.75) is 20.0 Å². The number of nitrogens with zero attached hydrogens (tertiary/aromatic N) is 9. The van der Waals surface area contributed by atoms with Gasteiger partial charge in [-0.25, -0.2) is 9.67 Å². The van der Waals surface area contributed by atoms with E-state index in [1.165, 1.54) is 0 Å². The normalized spacial score (nSPS) is 14.2. The molecule has 0 unspecified atom stereocenters. The van der Waals surface area contributed by atoms with E-state index in [1.54, 1.807) is 26.9 Å². The van der Waals surface area contributed by atoms with Gasteiger partial charge in [0.1, 0.15) is 11.3 Å². The quantitative estimate of drug-likeness (QED) is 0.320. The molecule has 0 N–H and O–H groups in total. The van der Waals surface area contributed by atoms with E-state index in [-0.39, 0.29) is 0 Å². The highest BCUT2D eigenvalue weighted by molar-refractivity contribution is 6.35. The van der Waals surface area contributed by atoms with Crippen LogP contribution in [0, 0.1) is 0 Å². The predicted molar refractivity (Wildman–Crippen MR) is 135 cm³/mol. The van der Waals surface area contributed by atoms with Crippen LogP contribution < -0.4 is 0 Å². The molecule has 0 radical (unpaired) electrons. The fourth-order valence-corrected chi connectivity index (χ4v) is 4.54. The fourth-order valence-electron chi connectivity index (χ4n) is 4.54. The zero-order valence-corrected chi connectivity index (χ0v) is 20.3. The van der Waals surface area contributed by atoms with Crippen molar-refractivity contribution >= 4 is 17.5 Å². The highest BCUT2D eigenvalue weighted by Crippen LogP contribution is 2.19. The molecule has 1 saturated heterocycles. The van der Waals surface area contributed by atoms with Gasteiger partial charge < -0.3 is 18.8 Å². The first kappa shape index (κ1) is 22.7. The second-order valence-corrected chi connectivity index (χ2v) is 8.97. The minimum atomic E-state index is -0.449. The molecule has 186 valence electrons. The molecule has 1 aliphatic rings. The van der Waals surface area contributed by atoms with E-state index in [0.29, 0.717) is 32.7 Å². The van der Waals surface area contributed by atoms with Crippen LogP contribution >= 0.6 is 0 Å². The van der Waals surface area contributed by atoms with Crippen molar-refractivity contribution in [2.75, 3.05) is 19.6 Å². The maximum absolute atomic E-state index is 12.4. The maximum Gasteiger partial charge on any atom is 0.312 e. The Labute approximate surface area is 212 Å². The van der Waals surface area contributed by atoms with Gasteiger partial charge in [0, 0.05) is 62.7 Å². The van der Waals surface area contributed by atoms with Crippen LogP contribution in [0.3, 0.4) is 0 Å². The molecule has 0 spiro atoms. The van der Waals surface area contributed by atoms with Gasteiger partial charge >= 0.3 is 11.8 Å². The van der Waals surface area contributed by atoms with Gasteiger partial charge in [0.15, 0.2) is 0 Å². The number of amides is 2. The first-order valence-corrected chi connectivity index (χ1v) is 12.1. The third-order valence-electron chi connectivity index (χ3n) is 6.50. The monoisotopic (exact) mass is 495 g/mol. The summed E-state index contributed by atoms with van der Waals surface area (Å²) in [5, 5.41) is 8.60. The Morgan fingerprint density at radius 1 is 0.919 bits per heavy atom. The van der Waals surface area contributed by atoms with Gasteiger partial charge in [-0.15, -0.1) is 5.10 Å². The first-order chi connectivity index (χ1) is 18.1. The average molecular weight is 496 g/mol. The van der Waals surface area contributed by atoms with Gasteiger partial charge in [-0.1, -0.05) is 11.3 Å². The standard InChI is InChI=1S/C26H25N9O2/c1-2-31-9-10-33(26(37)25(31)36)14-19-5-6-24-28-21(16-34(24)15-19)17-35-18-23(29-30-35)20-11-22(13-27-12-20)32-7-3-4-8-32/h3-8,11-13,15-16,18H,2,9-10,14,17H2,1H3. The average Bonchev–Trinajstić information content (AvgIpc) is 3.68. The van der Waals surface area contributed by atoms with Crippen molar-refractivity contribution in [1.29, 1.82) is 0 Å². The van der Waals surface area contributed by atoms with Crippen molar-refractivity contribution in [1.82, 2.24) is 43.7 Å².